The minimum Gasteiger partial charge on any atom is -0.508 e. The monoisotopic (exact) mass is 279 g/mol. The van der Waals surface area contributed by atoms with Crippen molar-refractivity contribution >= 4 is 0 Å². The first kappa shape index (κ1) is 15.3. The van der Waals surface area contributed by atoms with E-state index in [1.807, 2.05) is 26.2 Å². The number of hydrogen-bond donors (Lipinski definition) is 3. The molecule has 0 aliphatic heterocycles. The smallest absolute Gasteiger partial charge is 0.115 e. The highest BCUT2D eigenvalue weighted by molar-refractivity contribution is 5.30. The van der Waals surface area contributed by atoms with Crippen molar-refractivity contribution in [3.8, 4) is 5.75 Å². The summed E-state index contributed by atoms with van der Waals surface area (Å²) in [5, 5.41) is 30.1. The van der Waals surface area contributed by atoms with Crippen LogP contribution in [-0.2, 0) is 0 Å². The molecular weight excluding hydrogens is 254 g/mol. The lowest BCUT2D eigenvalue weighted by Crippen LogP contribution is -2.45. The Labute approximate surface area is 120 Å². The van der Waals surface area contributed by atoms with Crippen LogP contribution in [0.3, 0.4) is 0 Å². The molecule has 4 nitrogen and oxygen atoms in total. The van der Waals surface area contributed by atoms with Gasteiger partial charge in [-0.3, -0.25) is 0 Å². The van der Waals surface area contributed by atoms with Crippen LogP contribution >= 0.6 is 0 Å². The summed E-state index contributed by atoms with van der Waals surface area (Å²) >= 11 is 0. The molecule has 1 atom stereocenters. The van der Waals surface area contributed by atoms with Gasteiger partial charge in [0.15, 0.2) is 0 Å². The predicted octanol–water partition coefficient (Wildman–Crippen LogP) is 1.70. The van der Waals surface area contributed by atoms with Crippen LogP contribution < -0.4 is 0 Å². The zero-order valence-electron chi connectivity index (χ0n) is 12.3. The average Bonchev–Trinajstić information content (AvgIpc) is 2.41. The number of nitrogens with zero attached hydrogens (tertiary/aromatic N) is 1. The molecule has 0 saturated heterocycles. The van der Waals surface area contributed by atoms with Gasteiger partial charge in [0.1, 0.15) is 5.75 Å². The topological polar surface area (TPSA) is 63.9 Å². The maximum Gasteiger partial charge on any atom is 0.115 e. The summed E-state index contributed by atoms with van der Waals surface area (Å²) in [4.78, 5) is 2.07. The Morgan fingerprint density at radius 3 is 2.25 bits per heavy atom. The van der Waals surface area contributed by atoms with E-state index in [9.17, 15) is 15.3 Å². The van der Waals surface area contributed by atoms with Gasteiger partial charge in [0, 0.05) is 12.5 Å². The molecule has 0 spiro atoms. The van der Waals surface area contributed by atoms with Crippen LogP contribution in [0.1, 0.15) is 37.2 Å². The van der Waals surface area contributed by atoms with Gasteiger partial charge < -0.3 is 20.2 Å². The molecule has 1 aromatic carbocycles. The van der Waals surface area contributed by atoms with E-state index in [1.54, 1.807) is 12.1 Å². The number of aromatic hydroxyl groups is 1. The van der Waals surface area contributed by atoms with Gasteiger partial charge in [-0.05, 0) is 57.5 Å². The second kappa shape index (κ2) is 6.12. The lowest BCUT2D eigenvalue weighted by atomic mass is 9.72. The van der Waals surface area contributed by atoms with Gasteiger partial charge in [-0.1, -0.05) is 12.1 Å². The lowest BCUT2D eigenvalue weighted by Gasteiger charge is -2.42. The summed E-state index contributed by atoms with van der Waals surface area (Å²) in [6.45, 7) is 0.747. The molecule has 1 aliphatic rings. The molecule has 0 radical (unpaired) electrons. The van der Waals surface area contributed by atoms with Crippen LogP contribution in [0.5, 0.6) is 5.75 Å². The molecule has 0 bridgehead atoms. The normalized spacial score (nSPS) is 28.6. The van der Waals surface area contributed by atoms with E-state index in [-0.39, 0.29) is 17.8 Å². The molecule has 4 heteroatoms. The summed E-state index contributed by atoms with van der Waals surface area (Å²) in [6.07, 6.45) is 2.26. The van der Waals surface area contributed by atoms with Crippen LogP contribution in [-0.4, -0.2) is 52.6 Å². The molecule has 1 saturated carbocycles. The Balaban J connectivity index is 2.25. The number of benzene rings is 1. The van der Waals surface area contributed by atoms with Crippen LogP contribution in [0.4, 0.5) is 0 Å². The van der Waals surface area contributed by atoms with Crippen LogP contribution in [0.15, 0.2) is 24.3 Å². The highest BCUT2D eigenvalue weighted by Crippen LogP contribution is 2.40. The maximum absolute atomic E-state index is 11.0. The Morgan fingerprint density at radius 1 is 1.20 bits per heavy atom. The largest absolute Gasteiger partial charge is 0.508 e. The molecule has 1 aliphatic carbocycles. The van der Waals surface area contributed by atoms with Crippen molar-refractivity contribution in [1.29, 1.82) is 0 Å². The molecule has 0 heterocycles. The molecule has 2 rings (SSSR count). The van der Waals surface area contributed by atoms with Gasteiger partial charge >= 0.3 is 0 Å². The molecule has 0 aromatic heterocycles. The number of phenols is 1. The zero-order chi connectivity index (χ0) is 14.8. The third-order valence-electron chi connectivity index (χ3n) is 4.31. The van der Waals surface area contributed by atoms with Gasteiger partial charge in [0.25, 0.3) is 0 Å². The molecule has 1 aromatic rings. The van der Waals surface area contributed by atoms with E-state index in [0.29, 0.717) is 25.7 Å². The Hall–Kier alpha value is -1.10. The fraction of sp³-hybridized carbons (Fsp3) is 0.625. The highest BCUT2D eigenvalue weighted by Gasteiger charge is 2.40. The van der Waals surface area contributed by atoms with Crippen molar-refractivity contribution < 1.29 is 15.3 Å². The minimum absolute atomic E-state index is 0.00870. The van der Waals surface area contributed by atoms with Crippen molar-refractivity contribution in [3.63, 3.8) is 0 Å². The first-order chi connectivity index (χ1) is 9.40. The van der Waals surface area contributed by atoms with E-state index in [0.717, 1.165) is 12.1 Å². The van der Waals surface area contributed by atoms with Crippen molar-refractivity contribution in [1.82, 2.24) is 4.90 Å². The minimum atomic E-state index is -0.777. The fourth-order valence-electron chi connectivity index (χ4n) is 3.11. The number of aliphatic hydroxyl groups excluding tert-OH is 1. The van der Waals surface area contributed by atoms with E-state index in [4.69, 9.17) is 0 Å². The SMILES string of the molecule is CN(C)CC(c1ccc(O)cc1)C1(O)CCC(O)CC1. The van der Waals surface area contributed by atoms with E-state index in [2.05, 4.69) is 4.90 Å². The number of likely N-dealkylation sites (N-methyl/N-ethyl adjacent to an activating group) is 1. The van der Waals surface area contributed by atoms with Gasteiger partial charge in [-0.2, -0.15) is 0 Å². The Kier molecular flexibility index (Phi) is 4.68. The summed E-state index contributed by atoms with van der Waals surface area (Å²) in [6, 6.07) is 7.09. The second-order valence-electron chi connectivity index (χ2n) is 6.24. The van der Waals surface area contributed by atoms with Gasteiger partial charge in [0.05, 0.1) is 11.7 Å². The van der Waals surface area contributed by atoms with Crippen LogP contribution in [0, 0.1) is 0 Å². The summed E-state index contributed by atoms with van der Waals surface area (Å²) in [5.41, 5.74) is 0.260. The third-order valence-corrected chi connectivity index (χ3v) is 4.31. The van der Waals surface area contributed by atoms with Crippen molar-refractivity contribution in [3.05, 3.63) is 29.8 Å². The van der Waals surface area contributed by atoms with Gasteiger partial charge in [-0.15, -0.1) is 0 Å². The van der Waals surface area contributed by atoms with E-state index >= 15 is 0 Å². The number of rotatable bonds is 4. The fourth-order valence-corrected chi connectivity index (χ4v) is 3.11. The molecular formula is C16H25NO3. The summed E-state index contributed by atoms with van der Waals surface area (Å²) in [5.74, 6) is 0.231. The molecule has 112 valence electrons. The third kappa shape index (κ3) is 3.51. The zero-order valence-corrected chi connectivity index (χ0v) is 12.3. The molecule has 20 heavy (non-hydrogen) atoms. The van der Waals surface area contributed by atoms with Gasteiger partial charge in [-0.25, -0.2) is 0 Å². The van der Waals surface area contributed by atoms with E-state index in [1.165, 1.54) is 0 Å². The number of aliphatic hydroxyl groups is 2. The number of hydrogen-bond acceptors (Lipinski definition) is 4. The van der Waals surface area contributed by atoms with Crippen LogP contribution in [0.2, 0.25) is 0 Å². The number of phenolic OH excluding ortho intramolecular Hbond substituents is 1. The average molecular weight is 279 g/mol. The summed E-state index contributed by atoms with van der Waals surface area (Å²) in [7, 11) is 3.99. The lowest BCUT2D eigenvalue weighted by molar-refractivity contribution is -0.0556. The summed E-state index contributed by atoms with van der Waals surface area (Å²) < 4.78 is 0. The standard InChI is InChI=1S/C16H25NO3/c1-17(2)11-15(12-3-5-13(18)6-4-12)16(20)9-7-14(19)8-10-16/h3-6,14-15,18-20H,7-11H2,1-2H3. The molecule has 1 unspecified atom stereocenters. The molecule has 1 fully saturated rings. The second-order valence-corrected chi connectivity index (χ2v) is 6.24. The highest BCUT2D eigenvalue weighted by atomic mass is 16.3. The predicted molar refractivity (Wildman–Crippen MR) is 78.8 cm³/mol. The first-order valence-corrected chi connectivity index (χ1v) is 7.25. The van der Waals surface area contributed by atoms with Crippen molar-refractivity contribution in [2.45, 2.75) is 43.3 Å². The molecule has 0 amide bonds. The van der Waals surface area contributed by atoms with Gasteiger partial charge in [0.2, 0.25) is 0 Å². The van der Waals surface area contributed by atoms with Crippen molar-refractivity contribution in [2.75, 3.05) is 20.6 Å². The first-order valence-electron chi connectivity index (χ1n) is 7.25. The van der Waals surface area contributed by atoms with Crippen molar-refractivity contribution in [2.24, 2.45) is 0 Å². The Bertz CT molecular complexity index is 422. The molecule has 3 N–H and O–H groups in total. The maximum atomic E-state index is 11.0. The Morgan fingerprint density at radius 2 is 1.75 bits per heavy atom. The quantitative estimate of drug-likeness (QED) is 0.785. The van der Waals surface area contributed by atoms with E-state index < -0.39 is 5.60 Å². The van der Waals surface area contributed by atoms with Crippen LogP contribution in [0.25, 0.3) is 0 Å².